The van der Waals surface area contributed by atoms with Gasteiger partial charge >= 0.3 is 0 Å². The van der Waals surface area contributed by atoms with Gasteiger partial charge in [-0.3, -0.25) is 0 Å². The van der Waals surface area contributed by atoms with E-state index in [1.165, 1.54) is 0 Å². The van der Waals surface area contributed by atoms with Gasteiger partial charge in [0.1, 0.15) is 0 Å². The summed E-state index contributed by atoms with van der Waals surface area (Å²) in [6.45, 7) is 2.17. The van der Waals surface area contributed by atoms with E-state index >= 15 is 0 Å². The average Bonchev–Trinajstić information content (AvgIpc) is 1.90. The highest BCUT2D eigenvalue weighted by Crippen LogP contribution is 2.18. The van der Waals surface area contributed by atoms with Gasteiger partial charge in [-0.15, -0.1) is 0 Å². The maximum atomic E-state index is 3.53. The summed E-state index contributed by atoms with van der Waals surface area (Å²) in [5.41, 5.74) is 0. The summed E-state index contributed by atoms with van der Waals surface area (Å²) >= 11 is 3.53. The first-order valence-electron chi connectivity index (χ1n) is 3.28. The third-order valence-electron chi connectivity index (χ3n) is 1.52. The van der Waals surface area contributed by atoms with Crippen LogP contribution in [0, 0.1) is 5.92 Å². The zero-order chi connectivity index (χ0) is 6.69. The minimum absolute atomic E-state index is 0.574. The topological polar surface area (TPSA) is 0 Å². The molecule has 0 N–H and O–H groups in total. The Labute approximate surface area is 64.8 Å². The van der Waals surface area contributed by atoms with Gasteiger partial charge in [0.15, 0.2) is 0 Å². The van der Waals surface area contributed by atoms with Gasteiger partial charge in [0, 0.05) is 10.7 Å². The molecule has 0 aromatic heterocycles. The van der Waals surface area contributed by atoms with E-state index in [4.69, 9.17) is 0 Å². The summed E-state index contributed by atoms with van der Waals surface area (Å²) in [7, 11) is 0. The molecule has 0 fully saturated rings. The molecule has 0 radical (unpaired) electrons. The van der Waals surface area contributed by atoms with Crippen LogP contribution >= 0.6 is 15.9 Å². The molecular weight excluding hydrogens is 176 g/mol. The minimum atomic E-state index is 0.574. The van der Waals surface area contributed by atoms with Crippen LogP contribution < -0.4 is 0 Å². The maximum Gasteiger partial charge on any atom is 0.0214 e. The van der Waals surface area contributed by atoms with Gasteiger partial charge in [0.05, 0.1) is 0 Å². The lowest BCUT2D eigenvalue weighted by atomic mass is 10.0. The van der Waals surface area contributed by atoms with Gasteiger partial charge in [-0.2, -0.15) is 0 Å². The van der Waals surface area contributed by atoms with Crippen molar-refractivity contribution in [1.29, 1.82) is 0 Å². The van der Waals surface area contributed by atoms with Crippen molar-refractivity contribution in [2.45, 2.75) is 18.2 Å². The number of hydrogen-bond acceptors (Lipinski definition) is 0. The molecule has 1 aliphatic rings. The Morgan fingerprint density at radius 1 is 1.44 bits per heavy atom. The fourth-order valence-corrected chi connectivity index (χ4v) is 1.27. The fourth-order valence-electron chi connectivity index (χ4n) is 0.920. The molecule has 1 heteroatoms. The van der Waals surface area contributed by atoms with E-state index in [1.807, 2.05) is 0 Å². The fraction of sp³-hybridized carbons (Fsp3) is 0.500. The highest BCUT2D eigenvalue weighted by molar-refractivity contribution is 9.09. The van der Waals surface area contributed by atoms with Crippen LogP contribution in [0.15, 0.2) is 24.3 Å². The zero-order valence-electron chi connectivity index (χ0n) is 5.55. The van der Waals surface area contributed by atoms with Crippen molar-refractivity contribution in [3.8, 4) is 0 Å². The van der Waals surface area contributed by atoms with Crippen molar-refractivity contribution in [2.75, 3.05) is 0 Å². The summed E-state index contributed by atoms with van der Waals surface area (Å²) in [6, 6.07) is 0. The quantitative estimate of drug-likeness (QED) is 0.437. The molecule has 1 aliphatic carbocycles. The molecule has 0 aliphatic heterocycles. The molecule has 0 saturated carbocycles. The average molecular weight is 187 g/mol. The third kappa shape index (κ3) is 1.98. The molecule has 0 heterocycles. The lowest BCUT2D eigenvalue weighted by Gasteiger charge is -2.12. The normalized spacial score (nSPS) is 22.4. The van der Waals surface area contributed by atoms with Crippen LogP contribution in [0.4, 0.5) is 0 Å². The van der Waals surface area contributed by atoms with Crippen LogP contribution in [0.5, 0.6) is 0 Å². The smallest absolute Gasteiger partial charge is 0.0214 e. The molecule has 0 spiro atoms. The van der Waals surface area contributed by atoms with Crippen LogP contribution in [0.3, 0.4) is 0 Å². The molecule has 1 unspecified atom stereocenters. The van der Waals surface area contributed by atoms with Gasteiger partial charge in [0.2, 0.25) is 0 Å². The standard InChI is InChI=1S/C8H11Br/c1-7(9)8-5-3-2-4-6-8/h3-8H,2H2,1H3. The van der Waals surface area contributed by atoms with E-state index < -0.39 is 0 Å². The second-order valence-electron chi connectivity index (χ2n) is 2.35. The molecule has 0 aromatic carbocycles. The van der Waals surface area contributed by atoms with Crippen molar-refractivity contribution in [2.24, 2.45) is 5.92 Å². The Balaban J connectivity index is 2.49. The van der Waals surface area contributed by atoms with E-state index in [1.54, 1.807) is 0 Å². The largest absolute Gasteiger partial charge is 0.0884 e. The number of halogens is 1. The van der Waals surface area contributed by atoms with Crippen molar-refractivity contribution in [1.82, 2.24) is 0 Å². The number of hydrogen-bond donors (Lipinski definition) is 0. The first-order chi connectivity index (χ1) is 4.30. The summed E-state index contributed by atoms with van der Waals surface area (Å²) < 4.78 is 0. The highest BCUT2D eigenvalue weighted by Gasteiger charge is 2.07. The Kier molecular flexibility index (Phi) is 2.52. The maximum absolute atomic E-state index is 3.53. The van der Waals surface area contributed by atoms with Gasteiger partial charge in [0.25, 0.3) is 0 Å². The van der Waals surface area contributed by atoms with Crippen molar-refractivity contribution in [3.63, 3.8) is 0 Å². The SMILES string of the molecule is CC(Br)C1C=CCC=C1. The Morgan fingerprint density at radius 3 is 2.33 bits per heavy atom. The van der Waals surface area contributed by atoms with Gasteiger partial charge in [-0.25, -0.2) is 0 Å². The third-order valence-corrected chi connectivity index (χ3v) is 2.13. The van der Waals surface area contributed by atoms with Crippen LogP contribution in [-0.4, -0.2) is 4.83 Å². The summed E-state index contributed by atoms with van der Waals surface area (Å²) in [6.07, 6.45) is 10.0. The minimum Gasteiger partial charge on any atom is -0.0884 e. The predicted molar refractivity (Wildman–Crippen MR) is 44.8 cm³/mol. The Bertz CT molecular complexity index is 122. The molecule has 1 rings (SSSR count). The number of rotatable bonds is 1. The first-order valence-corrected chi connectivity index (χ1v) is 4.19. The molecule has 0 aromatic rings. The highest BCUT2D eigenvalue weighted by atomic mass is 79.9. The molecule has 1 atom stereocenters. The second kappa shape index (κ2) is 3.21. The summed E-state index contributed by atoms with van der Waals surface area (Å²) in [4.78, 5) is 0.574. The molecule has 50 valence electrons. The molecule has 0 bridgehead atoms. The molecule has 0 amide bonds. The van der Waals surface area contributed by atoms with Gasteiger partial charge in [-0.05, 0) is 6.42 Å². The van der Waals surface area contributed by atoms with Crippen molar-refractivity contribution < 1.29 is 0 Å². The molecule has 0 nitrogen and oxygen atoms in total. The first kappa shape index (κ1) is 7.07. The summed E-state index contributed by atoms with van der Waals surface area (Å²) in [5.74, 6) is 0.610. The zero-order valence-corrected chi connectivity index (χ0v) is 7.14. The van der Waals surface area contributed by atoms with Crippen molar-refractivity contribution in [3.05, 3.63) is 24.3 Å². The van der Waals surface area contributed by atoms with Crippen LogP contribution in [0.2, 0.25) is 0 Å². The van der Waals surface area contributed by atoms with Gasteiger partial charge < -0.3 is 0 Å². The van der Waals surface area contributed by atoms with Gasteiger partial charge in [-0.1, -0.05) is 47.2 Å². The number of allylic oxidation sites excluding steroid dienone is 4. The lowest BCUT2D eigenvalue weighted by Crippen LogP contribution is -2.05. The van der Waals surface area contributed by atoms with E-state index in [0.29, 0.717) is 10.7 Å². The van der Waals surface area contributed by atoms with Crippen LogP contribution in [0.25, 0.3) is 0 Å². The van der Waals surface area contributed by atoms with E-state index in [0.717, 1.165) is 6.42 Å². The Morgan fingerprint density at radius 2 is 2.00 bits per heavy atom. The lowest BCUT2D eigenvalue weighted by molar-refractivity contribution is 0.791. The van der Waals surface area contributed by atoms with Crippen LogP contribution in [0.1, 0.15) is 13.3 Å². The van der Waals surface area contributed by atoms with E-state index in [9.17, 15) is 0 Å². The van der Waals surface area contributed by atoms with E-state index in [2.05, 4.69) is 47.2 Å². The Hall–Kier alpha value is -0.0400. The molecule has 9 heavy (non-hydrogen) atoms. The molecule has 0 saturated heterocycles. The van der Waals surface area contributed by atoms with E-state index in [-0.39, 0.29) is 0 Å². The summed E-state index contributed by atoms with van der Waals surface area (Å²) in [5, 5.41) is 0. The predicted octanol–water partition coefficient (Wildman–Crippen LogP) is 2.90. The number of alkyl halides is 1. The second-order valence-corrected chi connectivity index (χ2v) is 3.79. The molecular formula is C8H11Br. The van der Waals surface area contributed by atoms with Crippen LogP contribution in [-0.2, 0) is 0 Å². The monoisotopic (exact) mass is 186 g/mol. The van der Waals surface area contributed by atoms with Crippen molar-refractivity contribution >= 4 is 15.9 Å².